The van der Waals surface area contributed by atoms with Crippen LogP contribution in [0, 0.1) is 0 Å². The molecular weight excluding hydrogens is 328 g/mol. The van der Waals surface area contributed by atoms with E-state index in [0.29, 0.717) is 18.1 Å². The van der Waals surface area contributed by atoms with Crippen molar-refractivity contribution in [2.24, 2.45) is 0 Å². The molecule has 0 saturated carbocycles. The van der Waals surface area contributed by atoms with Gasteiger partial charge in [-0.2, -0.15) is 9.61 Å². The van der Waals surface area contributed by atoms with E-state index in [-0.39, 0.29) is 18.5 Å². The highest BCUT2D eigenvalue weighted by Gasteiger charge is 2.27. The first-order valence-electron chi connectivity index (χ1n) is 7.71. The van der Waals surface area contributed by atoms with Gasteiger partial charge in [0.1, 0.15) is 12.1 Å². The maximum Gasteiger partial charge on any atom is 0.230 e. The molecule has 1 aromatic carbocycles. The van der Waals surface area contributed by atoms with Crippen molar-refractivity contribution < 1.29 is 14.9 Å². The van der Waals surface area contributed by atoms with Gasteiger partial charge in [-0.1, -0.05) is 23.5 Å². The Balaban J connectivity index is 2.07. The van der Waals surface area contributed by atoms with Gasteiger partial charge in [-0.3, -0.25) is 4.90 Å². The molecule has 0 radical (unpaired) electrons. The molecular formula is C16H20N4O3S. The average molecular weight is 348 g/mol. The van der Waals surface area contributed by atoms with Crippen LogP contribution in [0.25, 0.3) is 4.96 Å². The van der Waals surface area contributed by atoms with Gasteiger partial charge in [0.15, 0.2) is 0 Å². The number of thiazole rings is 1. The third kappa shape index (κ3) is 3.08. The number of rotatable bonds is 7. The van der Waals surface area contributed by atoms with Crippen LogP contribution in [0.5, 0.6) is 11.6 Å². The zero-order valence-electron chi connectivity index (χ0n) is 13.6. The minimum Gasteiger partial charge on any atom is -0.494 e. The highest BCUT2D eigenvalue weighted by Crippen LogP contribution is 2.39. The Bertz CT molecular complexity index is 817. The first-order chi connectivity index (χ1) is 11.7. The van der Waals surface area contributed by atoms with E-state index >= 15 is 0 Å². The summed E-state index contributed by atoms with van der Waals surface area (Å²) in [6.07, 6.45) is 1.41. The summed E-state index contributed by atoms with van der Waals surface area (Å²) in [4.78, 5) is 7.49. The lowest BCUT2D eigenvalue weighted by molar-refractivity contribution is 0.196. The zero-order valence-corrected chi connectivity index (χ0v) is 14.4. The molecule has 0 fully saturated rings. The Labute approximate surface area is 143 Å². The van der Waals surface area contributed by atoms with Gasteiger partial charge < -0.3 is 14.9 Å². The van der Waals surface area contributed by atoms with Crippen LogP contribution in [-0.4, -0.2) is 56.5 Å². The lowest BCUT2D eigenvalue weighted by atomic mass is 10.0. The van der Waals surface area contributed by atoms with Gasteiger partial charge in [-0.25, -0.2) is 4.98 Å². The molecule has 0 saturated heterocycles. The van der Waals surface area contributed by atoms with Crippen LogP contribution in [0.2, 0.25) is 0 Å². The summed E-state index contributed by atoms with van der Waals surface area (Å²) in [6.45, 7) is 3.02. The molecule has 128 valence electrons. The molecule has 8 heteroatoms. The van der Waals surface area contributed by atoms with Crippen molar-refractivity contribution in [1.82, 2.24) is 19.5 Å². The second kappa shape index (κ2) is 7.16. The van der Waals surface area contributed by atoms with Crippen LogP contribution in [0.4, 0.5) is 0 Å². The first-order valence-corrected chi connectivity index (χ1v) is 8.52. The highest BCUT2D eigenvalue weighted by molar-refractivity contribution is 7.17. The largest absolute Gasteiger partial charge is 0.494 e. The molecule has 1 atom stereocenters. The van der Waals surface area contributed by atoms with E-state index in [1.54, 1.807) is 0 Å². The van der Waals surface area contributed by atoms with Crippen LogP contribution >= 0.6 is 11.3 Å². The maximum absolute atomic E-state index is 10.6. The predicted molar refractivity (Wildman–Crippen MR) is 91.7 cm³/mol. The van der Waals surface area contributed by atoms with Gasteiger partial charge in [0.05, 0.1) is 24.1 Å². The Morgan fingerprint density at radius 3 is 2.96 bits per heavy atom. The van der Waals surface area contributed by atoms with E-state index in [9.17, 15) is 10.2 Å². The lowest BCUT2D eigenvalue weighted by Gasteiger charge is -2.27. The minimum absolute atomic E-state index is 0.0275. The van der Waals surface area contributed by atoms with Crippen LogP contribution in [0.15, 0.2) is 30.6 Å². The number of aliphatic hydroxyl groups is 1. The monoisotopic (exact) mass is 348 g/mol. The van der Waals surface area contributed by atoms with Gasteiger partial charge in [0.25, 0.3) is 0 Å². The standard InChI is InChI=1S/C16H20N4O3S/c1-3-23-12-6-4-5-11(9-12)13(19(2)7-8-21)14-15(22)20-16(24-14)17-10-18-20/h4-6,9-10,13,21-22H,3,7-8H2,1-2H3. The fraction of sp³-hybridized carbons (Fsp3) is 0.375. The summed E-state index contributed by atoms with van der Waals surface area (Å²) < 4.78 is 7.01. The molecule has 0 bridgehead atoms. The van der Waals surface area contributed by atoms with Crippen molar-refractivity contribution in [3.05, 3.63) is 41.0 Å². The van der Waals surface area contributed by atoms with Gasteiger partial charge >= 0.3 is 0 Å². The number of nitrogens with zero attached hydrogens (tertiary/aromatic N) is 4. The highest BCUT2D eigenvalue weighted by atomic mass is 32.1. The molecule has 0 aliphatic carbocycles. The molecule has 3 rings (SSSR count). The van der Waals surface area contributed by atoms with E-state index in [1.165, 1.54) is 22.2 Å². The second-order valence-corrected chi connectivity index (χ2v) is 6.37. The Morgan fingerprint density at radius 1 is 1.42 bits per heavy atom. The molecule has 0 spiro atoms. The number of ether oxygens (including phenoxy) is 1. The number of hydrogen-bond donors (Lipinski definition) is 2. The van der Waals surface area contributed by atoms with Crippen LogP contribution in [0.1, 0.15) is 23.4 Å². The zero-order chi connectivity index (χ0) is 17.1. The quantitative estimate of drug-likeness (QED) is 0.679. The van der Waals surface area contributed by atoms with Crippen molar-refractivity contribution >= 4 is 16.3 Å². The van der Waals surface area contributed by atoms with Crippen molar-refractivity contribution in [1.29, 1.82) is 0 Å². The summed E-state index contributed by atoms with van der Waals surface area (Å²) in [7, 11) is 1.91. The van der Waals surface area contributed by atoms with E-state index in [0.717, 1.165) is 16.2 Å². The van der Waals surface area contributed by atoms with Crippen LogP contribution < -0.4 is 4.74 Å². The maximum atomic E-state index is 10.6. The third-order valence-corrected chi connectivity index (χ3v) is 4.85. The van der Waals surface area contributed by atoms with Crippen LogP contribution in [-0.2, 0) is 0 Å². The summed E-state index contributed by atoms with van der Waals surface area (Å²) in [6, 6.07) is 7.53. The Kier molecular flexibility index (Phi) is 4.98. The fourth-order valence-corrected chi connectivity index (χ4v) is 3.83. The molecule has 0 aliphatic heterocycles. The van der Waals surface area contributed by atoms with Crippen molar-refractivity contribution in [3.8, 4) is 11.6 Å². The summed E-state index contributed by atoms with van der Waals surface area (Å²) in [5.74, 6) is 0.848. The summed E-state index contributed by atoms with van der Waals surface area (Å²) in [5, 5.41) is 23.9. The van der Waals surface area contributed by atoms with E-state index in [2.05, 4.69) is 10.1 Å². The van der Waals surface area contributed by atoms with E-state index < -0.39 is 0 Å². The fourth-order valence-electron chi connectivity index (χ4n) is 2.71. The molecule has 3 aromatic rings. The average Bonchev–Trinajstić information content (AvgIpc) is 3.13. The molecule has 0 amide bonds. The Morgan fingerprint density at radius 2 is 2.25 bits per heavy atom. The normalized spacial score (nSPS) is 12.8. The van der Waals surface area contributed by atoms with Gasteiger partial charge in [-0.15, -0.1) is 0 Å². The number of aromatic hydroxyl groups is 1. The minimum atomic E-state index is -0.231. The molecule has 0 aliphatic rings. The molecule has 2 aromatic heterocycles. The number of hydrogen-bond acceptors (Lipinski definition) is 7. The first kappa shape index (κ1) is 16.7. The van der Waals surface area contributed by atoms with Crippen LogP contribution in [0.3, 0.4) is 0 Å². The van der Waals surface area contributed by atoms with Crippen molar-refractivity contribution in [2.45, 2.75) is 13.0 Å². The molecule has 1 unspecified atom stereocenters. The number of fused-ring (bicyclic) bond motifs is 1. The third-order valence-electron chi connectivity index (χ3n) is 3.77. The number of benzene rings is 1. The number of likely N-dealkylation sites (N-methyl/N-ethyl adjacent to an activating group) is 1. The van der Waals surface area contributed by atoms with Crippen molar-refractivity contribution in [2.75, 3.05) is 26.8 Å². The molecule has 24 heavy (non-hydrogen) atoms. The van der Waals surface area contributed by atoms with Gasteiger partial charge in [0.2, 0.25) is 10.8 Å². The molecule has 2 heterocycles. The topological polar surface area (TPSA) is 83.1 Å². The molecule has 7 nitrogen and oxygen atoms in total. The second-order valence-electron chi connectivity index (χ2n) is 5.36. The van der Waals surface area contributed by atoms with Gasteiger partial charge in [0, 0.05) is 6.54 Å². The van der Waals surface area contributed by atoms with E-state index in [1.807, 2.05) is 43.1 Å². The van der Waals surface area contributed by atoms with Crippen molar-refractivity contribution in [3.63, 3.8) is 0 Å². The van der Waals surface area contributed by atoms with E-state index in [4.69, 9.17) is 4.74 Å². The summed E-state index contributed by atoms with van der Waals surface area (Å²) in [5.41, 5.74) is 0.969. The summed E-state index contributed by atoms with van der Waals surface area (Å²) >= 11 is 1.38. The number of aliphatic hydroxyl groups excluding tert-OH is 1. The Hall–Kier alpha value is -2.16. The SMILES string of the molecule is CCOc1cccc(C(c2sc3ncnn3c2O)N(C)CCO)c1. The molecule has 2 N–H and O–H groups in total. The number of aromatic nitrogens is 3. The van der Waals surface area contributed by atoms with Gasteiger partial charge in [-0.05, 0) is 31.7 Å². The smallest absolute Gasteiger partial charge is 0.230 e. The predicted octanol–water partition coefficient (Wildman–Crippen LogP) is 1.91. The lowest BCUT2D eigenvalue weighted by Crippen LogP contribution is -2.28.